The van der Waals surface area contributed by atoms with E-state index in [-0.39, 0.29) is 0 Å². The van der Waals surface area contributed by atoms with E-state index in [1.54, 1.807) is 11.3 Å². The van der Waals surface area contributed by atoms with Crippen molar-refractivity contribution >= 4 is 21.6 Å². The van der Waals surface area contributed by atoms with Gasteiger partial charge in [-0.2, -0.15) is 0 Å². The van der Waals surface area contributed by atoms with E-state index in [2.05, 4.69) is 52.9 Å². The van der Waals surface area contributed by atoms with Crippen molar-refractivity contribution in [1.82, 2.24) is 14.5 Å². The van der Waals surface area contributed by atoms with Crippen molar-refractivity contribution in [2.75, 3.05) is 13.1 Å². The first-order valence-corrected chi connectivity index (χ1v) is 9.37. The zero-order chi connectivity index (χ0) is 15.6. The second kappa shape index (κ2) is 6.46. The second-order valence-corrected chi connectivity index (χ2v) is 7.54. The van der Waals surface area contributed by atoms with Crippen LogP contribution in [0.2, 0.25) is 0 Å². The number of hydrogen-bond acceptors (Lipinski definition) is 3. The predicted molar refractivity (Wildman–Crippen MR) is 97.4 cm³/mol. The number of aromatic nitrogens is 2. The van der Waals surface area contributed by atoms with Crippen LogP contribution in [0.5, 0.6) is 0 Å². The van der Waals surface area contributed by atoms with Crippen molar-refractivity contribution in [2.24, 2.45) is 0 Å². The SMILES string of the molecule is Cc1ccc2nc(-n3cccc3CN3CCCCCC3)sc2c1. The Morgan fingerprint density at radius 2 is 1.91 bits per heavy atom. The molecule has 0 radical (unpaired) electrons. The summed E-state index contributed by atoms with van der Waals surface area (Å²) in [5.41, 5.74) is 3.75. The maximum atomic E-state index is 4.83. The molecule has 1 saturated heterocycles. The maximum absolute atomic E-state index is 4.83. The molecule has 1 fully saturated rings. The first-order chi connectivity index (χ1) is 11.3. The van der Waals surface area contributed by atoms with Crippen LogP contribution in [-0.2, 0) is 6.54 Å². The number of aryl methyl sites for hydroxylation is 1. The Balaban J connectivity index is 1.62. The van der Waals surface area contributed by atoms with Gasteiger partial charge in [0.1, 0.15) is 0 Å². The van der Waals surface area contributed by atoms with Crippen LogP contribution >= 0.6 is 11.3 Å². The van der Waals surface area contributed by atoms with Gasteiger partial charge in [0.2, 0.25) is 0 Å². The highest BCUT2D eigenvalue weighted by atomic mass is 32.1. The van der Waals surface area contributed by atoms with E-state index >= 15 is 0 Å². The third-order valence-electron chi connectivity index (χ3n) is 4.66. The third kappa shape index (κ3) is 3.19. The number of hydrogen-bond donors (Lipinski definition) is 0. The molecule has 0 amide bonds. The van der Waals surface area contributed by atoms with Crippen LogP contribution in [0.15, 0.2) is 36.5 Å². The molecule has 1 aromatic carbocycles. The lowest BCUT2D eigenvalue weighted by Crippen LogP contribution is -2.25. The van der Waals surface area contributed by atoms with Gasteiger partial charge in [-0.05, 0) is 62.7 Å². The Morgan fingerprint density at radius 1 is 1.09 bits per heavy atom. The molecule has 0 saturated carbocycles. The molecule has 120 valence electrons. The van der Waals surface area contributed by atoms with Crippen molar-refractivity contribution in [3.63, 3.8) is 0 Å². The van der Waals surface area contributed by atoms with E-state index in [0.29, 0.717) is 0 Å². The van der Waals surface area contributed by atoms with E-state index < -0.39 is 0 Å². The molecule has 2 aromatic heterocycles. The van der Waals surface area contributed by atoms with Crippen LogP contribution in [0.3, 0.4) is 0 Å². The number of fused-ring (bicyclic) bond motifs is 1. The normalized spacial score (nSPS) is 16.7. The molecule has 3 nitrogen and oxygen atoms in total. The fraction of sp³-hybridized carbons (Fsp3) is 0.421. The van der Waals surface area contributed by atoms with Crippen molar-refractivity contribution < 1.29 is 0 Å². The van der Waals surface area contributed by atoms with Gasteiger partial charge in [-0.15, -0.1) is 0 Å². The average molecular weight is 325 g/mol. The molecule has 0 N–H and O–H groups in total. The first-order valence-electron chi connectivity index (χ1n) is 8.56. The van der Waals surface area contributed by atoms with Gasteiger partial charge in [-0.25, -0.2) is 4.98 Å². The Morgan fingerprint density at radius 3 is 2.74 bits per heavy atom. The van der Waals surface area contributed by atoms with Gasteiger partial charge in [0.05, 0.1) is 10.2 Å². The van der Waals surface area contributed by atoms with Crippen molar-refractivity contribution in [2.45, 2.75) is 39.2 Å². The van der Waals surface area contributed by atoms with E-state index in [4.69, 9.17) is 4.98 Å². The van der Waals surface area contributed by atoms with Gasteiger partial charge in [0.15, 0.2) is 5.13 Å². The summed E-state index contributed by atoms with van der Waals surface area (Å²) < 4.78 is 3.54. The lowest BCUT2D eigenvalue weighted by molar-refractivity contribution is 0.272. The summed E-state index contributed by atoms with van der Waals surface area (Å²) in [6.45, 7) is 5.62. The minimum Gasteiger partial charge on any atom is -0.298 e. The van der Waals surface area contributed by atoms with Crippen LogP contribution < -0.4 is 0 Å². The molecule has 1 aliphatic rings. The van der Waals surface area contributed by atoms with Crippen LogP contribution in [-0.4, -0.2) is 27.5 Å². The fourth-order valence-corrected chi connectivity index (χ4v) is 4.46. The second-order valence-electron chi connectivity index (χ2n) is 6.53. The Kier molecular flexibility index (Phi) is 4.19. The summed E-state index contributed by atoms with van der Waals surface area (Å²) in [6, 6.07) is 10.9. The Bertz CT molecular complexity index is 794. The lowest BCUT2D eigenvalue weighted by Gasteiger charge is -2.20. The summed E-state index contributed by atoms with van der Waals surface area (Å²) in [6.07, 6.45) is 7.59. The van der Waals surface area contributed by atoms with Crippen LogP contribution in [0, 0.1) is 6.92 Å². The van der Waals surface area contributed by atoms with Crippen molar-refractivity contribution in [1.29, 1.82) is 0 Å². The van der Waals surface area contributed by atoms with Crippen LogP contribution in [0.25, 0.3) is 15.3 Å². The largest absolute Gasteiger partial charge is 0.298 e. The Hall–Kier alpha value is -1.65. The molecule has 4 rings (SSSR count). The zero-order valence-corrected chi connectivity index (χ0v) is 14.5. The summed E-state index contributed by atoms with van der Waals surface area (Å²) in [4.78, 5) is 7.43. The third-order valence-corrected chi connectivity index (χ3v) is 5.67. The lowest BCUT2D eigenvalue weighted by atomic mass is 10.2. The summed E-state index contributed by atoms with van der Waals surface area (Å²) >= 11 is 1.78. The molecule has 0 spiro atoms. The monoisotopic (exact) mass is 325 g/mol. The molecule has 0 unspecified atom stereocenters. The summed E-state index contributed by atoms with van der Waals surface area (Å²) in [5, 5.41) is 1.08. The highest BCUT2D eigenvalue weighted by Gasteiger charge is 2.14. The Labute approximate surface area is 141 Å². The van der Waals surface area contributed by atoms with Crippen molar-refractivity contribution in [3.05, 3.63) is 47.8 Å². The highest BCUT2D eigenvalue weighted by Crippen LogP contribution is 2.27. The number of nitrogens with zero attached hydrogens (tertiary/aromatic N) is 3. The standard InChI is InChI=1S/C19H23N3S/c1-15-8-9-17-18(13-15)23-19(20-17)22-12-6-7-16(22)14-21-10-4-2-3-5-11-21/h6-9,12-13H,2-5,10-11,14H2,1H3. The van der Waals surface area contributed by atoms with Gasteiger partial charge in [-0.3, -0.25) is 9.47 Å². The predicted octanol–water partition coefficient (Wildman–Crippen LogP) is 4.77. The molecule has 0 atom stereocenters. The first kappa shape index (κ1) is 14.9. The minimum absolute atomic E-state index is 1.03. The maximum Gasteiger partial charge on any atom is 0.194 e. The molecule has 0 aliphatic carbocycles. The highest BCUT2D eigenvalue weighted by molar-refractivity contribution is 7.20. The van der Waals surface area contributed by atoms with Crippen LogP contribution in [0.4, 0.5) is 0 Å². The quantitative estimate of drug-likeness (QED) is 0.691. The molecule has 3 heterocycles. The zero-order valence-electron chi connectivity index (χ0n) is 13.7. The van der Waals surface area contributed by atoms with E-state index in [1.807, 2.05) is 0 Å². The summed E-state index contributed by atoms with van der Waals surface area (Å²) in [5.74, 6) is 0. The van der Waals surface area contributed by atoms with Gasteiger partial charge < -0.3 is 0 Å². The number of thiazole rings is 1. The van der Waals surface area contributed by atoms with Gasteiger partial charge in [0, 0.05) is 18.4 Å². The molecule has 0 bridgehead atoms. The molecule has 23 heavy (non-hydrogen) atoms. The van der Waals surface area contributed by atoms with Gasteiger partial charge in [0.25, 0.3) is 0 Å². The van der Waals surface area contributed by atoms with E-state index in [1.165, 1.54) is 54.7 Å². The van der Waals surface area contributed by atoms with Gasteiger partial charge in [-0.1, -0.05) is 30.2 Å². The molecule has 3 aromatic rings. The molecule has 4 heteroatoms. The van der Waals surface area contributed by atoms with E-state index in [9.17, 15) is 0 Å². The smallest absolute Gasteiger partial charge is 0.194 e. The average Bonchev–Trinajstić information content (AvgIpc) is 3.07. The van der Waals surface area contributed by atoms with Crippen molar-refractivity contribution in [3.8, 4) is 5.13 Å². The minimum atomic E-state index is 1.03. The van der Waals surface area contributed by atoms with Crippen LogP contribution in [0.1, 0.15) is 36.9 Å². The number of rotatable bonds is 3. The topological polar surface area (TPSA) is 21.1 Å². The molecular formula is C19H23N3S. The number of benzene rings is 1. The number of likely N-dealkylation sites (tertiary alicyclic amines) is 1. The fourth-order valence-electron chi connectivity index (χ4n) is 3.38. The molecule has 1 aliphatic heterocycles. The van der Waals surface area contributed by atoms with E-state index in [0.717, 1.165) is 17.2 Å². The summed E-state index contributed by atoms with van der Waals surface area (Å²) in [7, 11) is 0. The van der Waals surface area contributed by atoms with Gasteiger partial charge >= 0.3 is 0 Å². The molecular weight excluding hydrogens is 302 g/mol.